The SMILES string of the molecule is CCNC(c1cccc(OC)c1)C(CC)OC. The van der Waals surface area contributed by atoms with Gasteiger partial charge in [0.1, 0.15) is 5.75 Å². The van der Waals surface area contributed by atoms with Gasteiger partial charge in [-0.05, 0) is 30.7 Å². The van der Waals surface area contributed by atoms with Gasteiger partial charge >= 0.3 is 0 Å². The number of hydrogen-bond acceptors (Lipinski definition) is 3. The maximum atomic E-state index is 5.54. The highest BCUT2D eigenvalue weighted by atomic mass is 16.5. The lowest BCUT2D eigenvalue weighted by atomic mass is 9.99. The summed E-state index contributed by atoms with van der Waals surface area (Å²) in [5.41, 5.74) is 1.21. The minimum absolute atomic E-state index is 0.182. The van der Waals surface area contributed by atoms with Gasteiger partial charge in [0, 0.05) is 7.11 Å². The van der Waals surface area contributed by atoms with E-state index in [9.17, 15) is 0 Å². The van der Waals surface area contributed by atoms with E-state index in [1.807, 2.05) is 12.1 Å². The van der Waals surface area contributed by atoms with Crippen molar-refractivity contribution >= 4 is 0 Å². The fraction of sp³-hybridized carbons (Fsp3) is 0.571. The largest absolute Gasteiger partial charge is 0.497 e. The molecular weight excluding hydrogens is 214 g/mol. The monoisotopic (exact) mass is 237 g/mol. The van der Waals surface area contributed by atoms with Gasteiger partial charge in [-0.3, -0.25) is 0 Å². The van der Waals surface area contributed by atoms with E-state index in [-0.39, 0.29) is 12.1 Å². The smallest absolute Gasteiger partial charge is 0.119 e. The van der Waals surface area contributed by atoms with Crippen LogP contribution in [0.25, 0.3) is 0 Å². The molecule has 0 amide bonds. The van der Waals surface area contributed by atoms with Gasteiger partial charge in [-0.2, -0.15) is 0 Å². The maximum Gasteiger partial charge on any atom is 0.119 e. The molecule has 0 heterocycles. The first-order valence-electron chi connectivity index (χ1n) is 6.16. The second-order valence-electron chi connectivity index (χ2n) is 3.99. The second-order valence-corrected chi connectivity index (χ2v) is 3.99. The molecule has 2 unspecified atom stereocenters. The van der Waals surface area contributed by atoms with Crippen molar-refractivity contribution in [3.05, 3.63) is 29.8 Å². The van der Waals surface area contributed by atoms with Gasteiger partial charge in [-0.25, -0.2) is 0 Å². The Morgan fingerprint density at radius 1 is 1.24 bits per heavy atom. The lowest BCUT2D eigenvalue weighted by Crippen LogP contribution is -2.32. The van der Waals surface area contributed by atoms with Crippen LogP contribution in [0.4, 0.5) is 0 Å². The Morgan fingerprint density at radius 2 is 2.00 bits per heavy atom. The number of likely N-dealkylation sites (N-methyl/N-ethyl adjacent to an activating group) is 1. The molecule has 0 aliphatic heterocycles. The van der Waals surface area contributed by atoms with Crippen molar-refractivity contribution in [3.63, 3.8) is 0 Å². The Kier molecular flexibility index (Phi) is 6.01. The summed E-state index contributed by atoms with van der Waals surface area (Å²) in [4.78, 5) is 0. The van der Waals surface area contributed by atoms with Crippen LogP contribution >= 0.6 is 0 Å². The van der Waals surface area contributed by atoms with Gasteiger partial charge in [0.15, 0.2) is 0 Å². The van der Waals surface area contributed by atoms with Crippen molar-refractivity contribution in [2.75, 3.05) is 20.8 Å². The molecule has 0 spiro atoms. The molecule has 3 nitrogen and oxygen atoms in total. The predicted molar refractivity (Wildman–Crippen MR) is 70.5 cm³/mol. The van der Waals surface area contributed by atoms with Gasteiger partial charge in [0.05, 0.1) is 19.3 Å². The first-order chi connectivity index (χ1) is 8.26. The van der Waals surface area contributed by atoms with E-state index in [4.69, 9.17) is 9.47 Å². The zero-order chi connectivity index (χ0) is 12.7. The number of hydrogen-bond donors (Lipinski definition) is 1. The van der Waals surface area contributed by atoms with E-state index in [0.717, 1.165) is 18.7 Å². The van der Waals surface area contributed by atoms with Gasteiger partial charge in [0.25, 0.3) is 0 Å². The van der Waals surface area contributed by atoms with Gasteiger partial charge < -0.3 is 14.8 Å². The van der Waals surface area contributed by atoms with Crippen LogP contribution in [0.3, 0.4) is 0 Å². The average Bonchev–Trinajstić information content (AvgIpc) is 2.39. The molecule has 3 heteroatoms. The lowest BCUT2D eigenvalue weighted by molar-refractivity contribution is 0.0655. The van der Waals surface area contributed by atoms with E-state index in [1.165, 1.54) is 5.56 Å². The quantitative estimate of drug-likeness (QED) is 0.791. The molecular formula is C14H23NO2. The second kappa shape index (κ2) is 7.30. The van der Waals surface area contributed by atoms with Gasteiger partial charge in [-0.1, -0.05) is 26.0 Å². The molecule has 96 valence electrons. The Labute approximate surface area is 104 Å². The molecule has 0 bridgehead atoms. The Bertz CT molecular complexity index is 324. The number of nitrogens with one attached hydrogen (secondary N) is 1. The van der Waals surface area contributed by atoms with Crippen molar-refractivity contribution in [2.45, 2.75) is 32.4 Å². The fourth-order valence-electron chi connectivity index (χ4n) is 2.06. The molecule has 2 atom stereocenters. The zero-order valence-corrected chi connectivity index (χ0v) is 11.2. The highest BCUT2D eigenvalue weighted by Crippen LogP contribution is 2.24. The van der Waals surface area contributed by atoms with Crippen molar-refractivity contribution in [2.24, 2.45) is 0 Å². The maximum absolute atomic E-state index is 5.54. The summed E-state index contributed by atoms with van der Waals surface area (Å²) >= 11 is 0. The fourth-order valence-corrected chi connectivity index (χ4v) is 2.06. The summed E-state index contributed by atoms with van der Waals surface area (Å²) in [6.45, 7) is 5.16. The minimum atomic E-state index is 0.182. The van der Waals surface area contributed by atoms with Crippen molar-refractivity contribution < 1.29 is 9.47 Å². The predicted octanol–water partition coefficient (Wildman–Crippen LogP) is 2.77. The number of rotatable bonds is 7. The molecule has 1 aromatic rings. The number of benzene rings is 1. The number of methoxy groups -OCH3 is 2. The highest BCUT2D eigenvalue weighted by molar-refractivity contribution is 5.31. The molecule has 0 fully saturated rings. The normalized spacial score (nSPS) is 14.4. The molecule has 1 rings (SSSR count). The van der Waals surface area contributed by atoms with Crippen molar-refractivity contribution in [1.82, 2.24) is 5.32 Å². The first-order valence-corrected chi connectivity index (χ1v) is 6.16. The molecule has 0 aliphatic carbocycles. The van der Waals surface area contributed by atoms with Crippen molar-refractivity contribution in [1.29, 1.82) is 0 Å². The lowest BCUT2D eigenvalue weighted by Gasteiger charge is -2.26. The topological polar surface area (TPSA) is 30.5 Å². The molecule has 1 aromatic carbocycles. The molecule has 0 aromatic heterocycles. The van der Waals surface area contributed by atoms with E-state index in [1.54, 1.807) is 14.2 Å². The van der Waals surface area contributed by atoms with Crippen LogP contribution in [0.1, 0.15) is 31.9 Å². The Hall–Kier alpha value is -1.06. The summed E-state index contributed by atoms with van der Waals surface area (Å²) in [5, 5.41) is 3.47. The van der Waals surface area contributed by atoms with Crippen LogP contribution in [0.5, 0.6) is 5.75 Å². The van der Waals surface area contributed by atoms with Gasteiger partial charge in [-0.15, -0.1) is 0 Å². The average molecular weight is 237 g/mol. The third-order valence-corrected chi connectivity index (χ3v) is 2.95. The van der Waals surface area contributed by atoms with Crippen LogP contribution in [-0.4, -0.2) is 26.9 Å². The third kappa shape index (κ3) is 3.72. The summed E-state index contributed by atoms with van der Waals surface area (Å²) < 4.78 is 10.8. The summed E-state index contributed by atoms with van der Waals surface area (Å²) in [5.74, 6) is 0.886. The zero-order valence-electron chi connectivity index (χ0n) is 11.2. The van der Waals surface area contributed by atoms with Crippen molar-refractivity contribution in [3.8, 4) is 5.75 Å². The molecule has 1 N–H and O–H groups in total. The van der Waals surface area contributed by atoms with Crippen LogP contribution in [0, 0.1) is 0 Å². The van der Waals surface area contributed by atoms with Crippen LogP contribution in [0.15, 0.2) is 24.3 Å². The number of ether oxygens (including phenoxy) is 2. The Morgan fingerprint density at radius 3 is 2.53 bits per heavy atom. The summed E-state index contributed by atoms with van der Waals surface area (Å²) in [6.07, 6.45) is 1.16. The highest BCUT2D eigenvalue weighted by Gasteiger charge is 2.20. The Balaban J connectivity index is 2.94. The first kappa shape index (κ1) is 14.0. The van der Waals surface area contributed by atoms with Gasteiger partial charge in [0.2, 0.25) is 0 Å². The molecule has 17 heavy (non-hydrogen) atoms. The molecule has 0 aliphatic rings. The van der Waals surface area contributed by atoms with E-state index < -0.39 is 0 Å². The molecule has 0 saturated heterocycles. The standard InChI is InChI=1S/C14H23NO2/c1-5-13(17-4)14(15-6-2)11-8-7-9-12(10-11)16-3/h7-10,13-15H,5-6H2,1-4H3. The van der Waals surface area contributed by atoms with Crippen LogP contribution in [-0.2, 0) is 4.74 Å². The molecule has 0 saturated carbocycles. The summed E-state index contributed by atoms with van der Waals surface area (Å²) in [7, 11) is 3.45. The minimum Gasteiger partial charge on any atom is -0.497 e. The molecule has 0 radical (unpaired) electrons. The summed E-state index contributed by atoms with van der Waals surface area (Å²) in [6, 6.07) is 8.36. The third-order valence-electron chi connectivity index (χ3n) is 2.95. The van der Waals surface area contributed by atoms with E-state index >= 15 is 0 Å². The van der Waals surface area contributed by atoms with Crippen LogP contribution < -0.4 is 10.1 Å². The van der Waals surface area contributed by atoms with Crippen LogP contribution in [0.2, 0.25) is 0 Å². The van der Waals surface area contributed by atoms with E-state index in [2.05, 4.69) is 31.3 Å². The van der Waals surface area contributed by atoms with E-state index in [0.29, 0.717) is 0 Å².